The van der Waals surface area contributed by atoms with Gasteiger partial charge in [0.1, 0.15) is 29.5 Å². The van der Waals surface area contributed by atoms with Crippen LogP contribution in [-0.4, -0.2) is 61.6 Å². The molecule has 0 atom stereocenters. The van der Waals surface area contributed by atoms with Crippen molar-refractivity contribution in [3.8, 4) is 28.4 Å². The van der Waals surface area contributed by atoms with E-state index in [0.717, 1.165) is 86.2 Å². The highest BCUT2D eigenvalue weighted by Gasteiger charge is 2.20. The van der Waals surface area contributed by atoms with Crippen molar-refractivity contribution >= 4 is 45.3 Å². The second-order valence-corrected chi connectivity index (χ2v) is 13.0. The second kappa shape index (κ2) is 13.1. The molecule has 12 heteroatoms. The average molecular weight is 670 g/mol. The highest BCUT2D eigenvalue weighted by atomic mass is 32.2. The number of thioether (sulfide) groups is 1. The number of methoxy groups -OCH3 is 2. The molecule has 2 aromatic carbocycles. The molecule has 0 saturated carbocycles. The van der Waals surface area contributed by atoms with Gasteiger partial charge in [0.05, 0.1) is 42.7 Å². The molecule has 0 aliphatic carbocycles. The fourth-order valence-electron chi connectivity index (χ4n) is 6.07. The Bertz CT molecular complexity index is 2300. The van der Waals surface area contributed by atoms with E-state index in [4.69, 9.17) is 24.5 Å². The minimum absolute atomic E-state index is 0.490. The molecule has 246 valence electrons. The first kappa shape index (κ1) is 30.7. The topological polar surface area (TPSA) is 108 Å². The smallest absolute Gasteiger partial charge is 0.150 e. The molecule has 11 nitrogen and oxygen atoms in total. The first-order valence-corrected chi connectivity index (χ1v) is 17.1. The Balaban J connectivity index is 1.09. The number of aryl methyl sites for hydroxylation is 1. The first-order chi connectivity index (χ1) is 24.1. The number of ether oxygens (including phenoxy) is 2. The molecule has 8 rings (SSSR count). The average Bonchev–Trinajstić information content (AvgIpc) is 3.73. The summed E-state index contributed by atoms with van der Waals surface area (Å²) in [4.78, 5) is 22.5. The van der Waals surface area contributed by atoms with Crippen LogP contribution in [0.1, 0.15) is 17.5 Å². The van der Waals surface area contributed by atoms with Crippen molar-refractivity contribution in [2.45, 2.75) is 23.6 Å². The van der Waals surface area contributed by atoms with Gasteiger partial charge in [-0.1, -0.05) is 6.07 Å². The van der Waals surface area contributed by atoms with Crippen LogP contribution in [0.4, 0.5) is 11.6 Å². The van der Waals surface area contributed by atoms with E-state index in [2.05, 4.69) is 67.3 Å². The number of hydrogen-bond donors (Lipinski definition) is 1. The van der Waals surface area contributed by atoms with E-state index < -0.39 is 0 Å². The molecule has 6 heterocycles. The van der Waals surface area contributed by atoms with E-state index in [1.54, 1.807) is 37.0 Å². The standard InChI is InChI=1S/C37H35N9O2S/c1-44-14-11-31(43-44)30-21-46(37-35(30)36(40-23-41-37)39-19-26-5-8-28(47-2)16-33(26)48-3)27-15-24(18-38-20-27)22-49-29-9-6-25-7-10-34(42-32(25)17-29)45-12-4-13-45/h5-11,14-18,20-21,23H,4,12-13,19,22H2,1-3H3,(H,39,40,41). The summed E-state index contributed by atoms with van der Waals surface area (Å²) < 4.78 is 14.9. The Morgan fingerprint density at radius 1 is 0.939 bits per heavy atom. The Labute approximate surface area is 288 Å². The van der Waals surface area contributed by atoms with Gasteiger partial charge in [-0.05, 0) is 60.5 Å². The van der Waals surface area contributed by atoms with Crippen LogP contribution in [0.25, 0.3) is 38.9 Å². The van der Waals surface area contributed by atoms with Crippen molar-refractivity contribution in [3.63, 3.8) is 0 Å². The number of benzene rings is 2. The number of anilines is 2. The van der Waals surface area contributed by atoms with Crippen LogP contribution < -0.4 is 19.7 Å². The number of fused-ring (bicyclic) bond motifs is 2. The minimum atomic E-state index is 0.490. The molecule has 5 aromatic heterocycles. The fraction of sp³-hybridized carbons (Fsp3) is 0.216. The maximum atomic E-state index is 5.64. The van der Waals surface area contributed by atoms with Crippen LogP contribution >= 0.6 is 11.8 Å². The summed E-state index contributed by atoms with van der Waals surface area (Å²) in [6, 6.07) is 20.7. The van der Waals surface area contributed by atoms with Gasteiger partial charge >= 0.3 is 0 Å². The summed E-state index contributed by atoms with van der Waals surface area (Å²) in [6.07, 6.45) is 10.6. The van der Waals surface area contributed by atoms with Gasteiger partial charge in [0.15, 0.2) is 5.65 Å². The summed E-state index contributed by atoms with van der Waals surface area (Å²) in [6.45, 7) is 2.66. The van der Waals surface area contributed by atoms with Crippen LogP contribution in [-0.2, 0) is 19.3 Å². The summed E-state index contributed by atoms with van der Waals surface area (Å²) in [7, 11) is 5.21. The van der Waals surface area contributed by atoms with Gasteiger partial charge in [-0.3, -0.25) is 14.2 Å². The van der Waals surface area contributed by atoms with E-state index in [-0.39, 0.29) is 0 Å². The molecule has 1 fully saturated rings. The van der Waals surface area contributed by atoms with Crippen LogP contribution in [0.3, 0.4) is 0 Å². The molecule has 0 unspecified atom stereocenters. The first-order valence-electron chi connectivity index (χ1n) is 16.1. The Hall–Kier alpha value is -5.62. The van der Waals surface area contributed by atoms with Crippen molar-refractivity contribution < 1.29 is 9.47 Å². The van der Waals surface area contributed by atoms with E-state index in [9.17, 15) is 0 Å². The second-order valence-electron chi connectivity index (χ2n) is 11.9. The third-order valence-electron chi connectivity index (χ3n) is 8.81. The molecule has 1 aliphatic heterocycles. The normalized spacial score (nSPS) is 12.8. The van der Waals surface area contributed by atoms with Crippen molar-refractivity contribution in [2.75, 3.05) is 37.5 Å². The molecule has 7 aromatic rings. The third kappa shape index (κ3) is 6.11. The summed E-state index contributed by atoms with van der Waals surface area (Å²) in [5.41, 5.74) is 6.51. The quantitative estimate of drug-likeness (QED) is 0.146. The van der Waals surface area contributed by atoms with E-state index >= 15 is 0 Å². The van der Waals surface area contributed by atoms with Gasteiger partial charge in [-0.15, -0.1) is 11.8 Å². The maximum Gasteiger partial charge on any atom is 0.150 e. The zero-order valence-electron chi connectivity index (χ0n) is 27.5. The van der Waals surface area contributed by atoms with Crippen LogP contribution in [0.5, 0.6) is 11.5 Å². The molecule has 0 spiro atoms. The summed E-state index contributed by atoms with van der Waals surface area (Å²) in [5, 5.41) is 10.3. The summed E-state index contributed by atoms with van der Waals surface area (Å²) >= 11 is 1.78. The van der Waals surface area contributed by atoms with Crippen LogP contribution in [0.15, 0.2) is 96.7 Å². The molecule has 1 saturated heterocycles. The third-order valence-corrected chi connectivity index (χ3v) is 9.87. The lowest BCUT2D eigenvalue weighted by atomic mass is 10.1. The lowest BCUT2D eigenvalue weighted by Crippen LogP contribution is -2.37. The predicted molar refractivity (Wildman–Crippen MR) is 194 cm³/mol. The number of nitrogens with one attached hydrogen (secondary N) is 1. The van der Waals surface area contributed by atoms with Crippen molar-refractivity contribution in [3.05, 3.63) is 103 Å². The zero-order chi connectivity index (χ0) is 33.3. The Kier molecular flexibility index (Phi) is 8.22. The highest BCUT2D eigenvalue weighted by molar-refractivity contribution is 7.98. The van der Waals surface area contributed by atoms with Crippen LogP contribution in [0.2, 0.25) is 0 Å². The lowest BCUT2D eigenvalue weighted by molar-refractivity contribution is 0.391. The van der Waals surface area contributed by atoms with Gasteiger partial charge in [0.25, 0.3) is 0 Å². The molecule has 0 radical (unpaired) electrons. The molecule has 1 N–H and O–H groups in total. The molecular weight excluding hydrogens is 635 g/mol. The fourth-order valence-corrected chi connectivity index (χ4v) is 6.92. The molecular formula is C37H35N9O2S. The monoisotopic (exact) mass is 669 g/mol. The summed E-state index contributed by atoms with van der Waals surface area (Å²) in [5.74, 6) is 3.99. The molecule has 1 aliphatic rings. The van der Waals surface area contributed by atoms with Gasteiger partial charge in [0, 0.05) is 78.5 Å². The largest absolute Gasteiger partial charge is 0.497 e. The maximum absolute atomic E-state index is 5.64. The molecule has 0 bridgehead atoms. The van der Waals surface area contributed by atoms with Crippen LogP contribution in [0, 0.1) is 0 Å². The van der Waals surface area contributed by atoms with Crippen molar-refractivity contribution in [1.29, 1.82) is 0 Å². The predicted octanol–water partition coefficient (Wildman–Crippen LogP) is 6.90. The highest BCUT2D eigenvalue weighted by Crippen LogP contribution is 2.36. The SMILES string of the molecule is COc1ccc(CNc2ncnc3c2c(-c2ccn(C)n2)cn3-c2cncc(CSc3ccc4ccc(N5CCC5)nc4c3)c2)c(OC)c1. The van der Waals surface area contributed by atoms with Gasteiger partial charge < -0.3 is 19.7 Å². The molecule has 0 amide bonds. The van der Waals surface area contributed by atoms with Crippen molar-refractivity contribution in [1.82, 2.24) is 34.3 Å². The zero-order valence-corrected chi connectivity index (χ0v) is 28.3. The number of nitrogens with zero attached hydrogens (tertiary/aromatic N) is 8. The number of pyridine rings is 2. The van der Waals surface area contributed by atoms with Gasteiger partial charge in [0.2, 0.25) is 0 Å². The minimum Gasteiger partial charge on any atom is -0.497 e. The van der Waals surface area contributed by atoms with Gasteiger partial charge in [-0.2, -0.15) is 5.10 Å². The van der Waals surface area contributed by atoms with Crippen molar-refractivity contribution in [2.24, 2.45) is 7.05 Å². The lowest BCUT2D eigenvalue weighted by Gasteiger charge is -2.32. The van der Waals surface area contributed by atoms with E-state index in [1.165, 1.54) is 11.3 Å². The van der Waals surface area contributed by atoms with E-state index in [0.29, 0.717) is 12.4 Å². The van der Waals surface area contributed by atoms with E-state index in [1.807, 2.05) is 49.9 Å². The number of hydrogen-bond acceptors (Lipinski definition) is 10. The van der Waals surface area contributed by atoms with Gasteiger partial charge in [-0.25, -0.2) is 15.0 Å². The number of rotatable bonds is 11. The number of aromatic nitrogens is 7. The molecule has 49 heavy (non-hydrogen) atoms. The Morgan fingerprint density at radius 2 is 1.84 bits per heavy atom. The Morgan fingerprint density at radius 3 is 2.63 bits per heavy atom.